The fourth-order valence-electron chi connectivity index (χ4n) is 1.04. The third-order valence-corrected chi connectivity index (χ3v) is 3.03. The molecule has 2 heteroatoms. The average molecular weight is 187 g/mol. The zero-order chi connectivity index (χ0) is 9.40. The normalized spacial score (nSPS) is 13.9. The van der Waals surface area contributed by atoms with Gasteiger partial charge in [-0.05, 0) is 38.5 Å². The minimum absolute atomic E-state index is 0.403. The first kappa shape index (κ1) is 12.1. The second-order valence-corrected chi connectivity index (χ2v) is 5.11. The SMILES string of the molecule is C=C(C)CCC(N)CCPCC. The number of hydrogen-bond acceptors (Lipinski definition) is 1. The molecule has 0 fully saturated rings. The van der Waals surface area contributed by atoms with Crippen LogP contribution in [0.5, 0.6) is 0 Å². The predicted molar refractivity (Wildman–Crippen MR) is 60.4 cm³/mol. The van der Waals surface area contributed by atoms with E-state index in [2.05, 4.69) is 20.4 Å². The van der Waals surface area contributed by atoms with Crippen LogP contribution in [0.25, 0.3) is 0 Å². The van der Waals surface area contributed by atoms with Gasteiger partial charge in [0.05, 0.1) is 0 Å². The van der Waals surface area contributed by atoms with Crippen LogP contribution in [0.3, 0.4) is 0 Å². The van der Waals surface area contributed by atoms with Gasteiger partial charge in [-0.3, -0.25) is 0 Å². The van der Waals surface area contributed by atoms with Gasteiger partial charge in [0.25, 0.3) is 0 Å². The van der Waals surface area contributed by atoms with Gasteiger partial charge < -0.3 is 5.73 Å². The van der Waals surface area contributed by atoms with Crippen LogP contribution in [-0.2, 0) is 0 Å². The summed E-state index contributed by atoms with van der Waals surface area (Å²) in [6.45, 7) is 8.17. The molecule has 2 N–H and O–H groups in total. The highest BCUT2D eigenvalue weighted by atomic mass is 31.1. The Hall–Kier alpha value is 0.130. The predicted octanol–water partition coefficient (Wildman–Crippen LogP) is 2.76. The third-order valence-electron chi connectivity index (χ3n) is 1.88. The summed E-state index contributed by atoms with van der Waals surface area (Å²) in [5, 5.41) is 0. The monoisotopic (exact) mass is 187 g/mol. The Bertz CT molecular complexity index is 123. The first-order valence-electron chi connectivity index (χ1n) is 4.77. The van der Waals surface area contributed by atoms with Gasteiger partial charge in [-0.25, -0.2) is 0 Å². The molecule has 1 nitrogen and oxygen atoms in total. The Morgan fingerprint density at radius 2 is 2.17 bits per heavy atom. The standard InChI is InChI=1S/C10H22NP/c1-4-12-8-7-10(11)6-5-9(2)3/h10,12H,2,4-8,11H2,1,3H3. The molecule has 0 aromatic carbocycles. The summed E-state index contributed by atoms with van der Waals surface area (Å²) in [6, 6.07) is 0.403. The zero-order valence-corrected chi connectivity index (χ0v) is 9.40. The van der Waals surface area contributed by atoms with E-state index in [0.29, 0.717) is 6.04 Å². The minimum Gasteiger partial charge on any atom is -0.328 e. The van der Waals surface area contributed by atoms with Gasteiger partial charge in [0.2, 0.25) is 0 Å². The Morgan fingerprint density at radius 3 is 2.67 bits per heavy atom. The average Bonchev–Trinajstić information content (AvgIpc) is 2.01. The van der Waals surface area contributed by atoms with Gasteiger partial charge in [0.15, 0.2) is 0 Å². The van der Waals surface area contributed by atoms with E-state index >= 15 is 0 Å². The highest BCUT2D eigenvalue weighted by Gasteiger charge is 2.01. The highest BCUT2D eigenvalue weighted by molar-refractivity contribution is 7.37. The molecule has 0 aromatic rings. The van der Waals surface area contributed by atoms with Crippen LogP contribution in [0.15, 0.2) is 12.2 Å². The van der Waals surface area contributed by atoms with Crippen LogP contribution in [0.1, 0.15) is 33.1 Å². The molecular formula is C10H22NP. The summed E-state index contributed by atoms with van der Waals surface area (Å²) in [4.78, 5) is 0. The van der Waals surface area contributed by atoms with Gasteiger partial charge in [-0.1, -0.05) is 12.5 Å². The molecule has 0 aliphatic carbocycles. The van der Waals surface area contributed by atoms with E-state index in [4.69, 9.17) is 5.73 Å². The molecule has 2 atom stereocenters. The zero-order valence-electron chi connectivity index (χ0n) is 8.40. The first-order valence-corrected chi connectivity index (χ1v) is 6.19. The summed E-state index contributed by atoms with van der Waals surface area (Å²) >= 11 is 0. The van der Waals surface area contributed by atoms with Crippen LogP contribution >= 0.6 is 8.58 Å². The lowest BCUT2D eigenvalue weighted by molar-refractivity contribution is 0.598. The number of hydrogen-bond donors (Lipinski definition) is 1. The molecule has 0 aliphatic rings. The largest absolute Gasteiger partial charge is 0.328 e. The molecule has 0 amide bonds. The number of rotatable bonds is 7. The molecule has 12 heavy (non-hydrogen) atoms. The Morgan fingerprint density at radius 1 is 1.50 bits per heavy atom. The van der Waals surface area contributed by atoms with E-state index in [9.17, 15) is 0 Å². The lowest BCUT2D eigenvalue weighted by Gasteiger charge is -2.10. The Balaban J connectivity index is 3.21. The summed E-state index contributed by atoms with van der Waals surface area (Å²) in [6.07, 6.45) is 6.03. The molecule has 0 radical (unpaired) electrons. The van der Waals surface area contributed by atoms with E-state index in [1.807, 2.05) is 0 Å². The number of allylic oxidation sites excluding steroid dienone is 1. The van der Waals surface area contributed by atoms with Gasteiger partial charge in [-0.15, -0.1) is 15.2 Å². The molecule has 0 saturated carbocycles. The van der Waals surface area contributed by atoms with Crippen LogP contribution in [0.2, 0.25) is 0 Å². The number of nitrogens with two attached hydrogens (primary N) is 1. The van der Waals surface area contributed by atoms with Crippen molar-refractivity contribution < 1.29 is 0 Å². The van der Waals surface area contributed by atoms with E-state index in [1.54, 1.807) is 0 Å². The quantitative estimate of drug-likeness (QED) is 0.370. The molecule has 0 aromatic heterocycles. The minimum atomic E-state index is 0.403. The van der Waals surface area contributed by atoms with Crippen molar-refractivity contribution in [2.75, 3.05) is 12.3 Å². The van der Waals surface area contributed by atoms with Gasteiger partial charge >= 0.3 is 0 Å². The smallest absolute Gasteiger partial charge is 0.00451 e. The maximum atomic E-state index is 5.93. The van der Waals surface area contributed by atoms with E-state index in [-0.39, 0.29) is 0 Å². The fraction of sp³-hybridized carbons (Fsp3) is 0.800. The van der Waals surface area contributed by atoms with E-state index in [1.165, 1.54) is 24.3 Å². The lowest BCUT2D eigenvalue weighted by atomic mass is 10.1. The van der Waals surface area contributed by atoms with Crippen molar-refractivity contribution in [3.63, 3.8) is 0 Å². The fourth-order valence-corrected chi connectivity index (χ4v) is 1.97. The molecule has 0 aliphatic heterocycles. The first-order chi connectivity index (χ1) is 5.66. The molecule has 2 unspecified atom stereocenters. The Labute approximate surface area is 78.6 Å². The third kappa shape index (κ3) is 8.23. The molecular weight excluding hydrogens is 165 g/mol. The molecule has 0 rings (SSSR count). The van der Waals surface area contributed by atoms with Crippen molar-refractivity contribution in [3.8, 4) is 0 Å². The van der Waals surface area contributed by atoms with E-state index < -0.39 is 0 Å². The summed E-state index contributed by atoms with van der Waals surface area (Å²) in [7, 11) is 1.10. The van der Waals surface area contributed by atoms with Crippen molar-refractivity contribution in [2.45, 2.75) is 39.2 Å². The lowest BCUT2D eigenvalue weighted by Crippen LogP contribution is -2.20. The molecule has 0 bridgehead atoms. The van der Waals surface area contributed by atoms with Crippen molar-refractivity contribution in [3.05, 3.63) is 12.2 Å². The molecule has 0 heterocycles. The van der Waals surface area contributed by atoms with Crippen LogP contribution < -0.4 is 5.73 Å². The van der Waals surface area contributed by atoms with Crippen LogP contribution in [-0.4, -0.2) is 18.4 Å². The molecule has 72 valence electrons. The maximum absolute atomic E-state index is 5.93. The van der Waals surface area contributed by atoms with Crippen molar-refractivity contribution in [1.82, 2.24) is 0 Å². The summed E-state index contributed by atoms with van der Waals surface area (Å²) < 4.78 is 0. The molecule has 0 saturated heterocycles. The molecule has 0 spiro atoms. The second kappa shape index (κ2) is 7.76. The van der Waals surface area contributed by atoms with Gasteiger partial charge in [0.1, 0.15) is 0 Å². The highest BCUT2D eigenvalue weighted by Crippen LogP contribution is 2.13. The van der Waals surface area contributed by atoms with Crippen LogP contribution in [0.4, 0.5) is 0 Å². The van der Waals surface area contributed by atoms with Crippen molar-refractivity contribution in [2.24, 2.45) is 5.73 Å². The van der Waals surface area contributed by atoms with Crippen molar-refractivity contribution in [1.29, 1.82) is 0 Å². The van der Waals surface area contributed by atoms with Gasteiger partial charge in [0, 0.05) is 6.04 Å². The summed E-state index contributed by atoms with van der Waals surface area (Å²) in [5.74, 6) is 0. The van der Waals surface area contributed by atoms with Crippen LogP contribution in [0, 0.1) is 0 Å². The Kier molecular flexibility index (Phi) is 7.85. The topological polar surface area (TPSA) is 26.0 Å². The van der Waals surface area contributed by atoms with E-state index in [0.717, 1.165) is 21.4 Å². The summed E-state index contributed by atoms with van der Waals surface area (Å²) in [5.41, 5.74) is 7.18. The van der Waals surface area contributed by atoms with Crippen molar-refractivity contribution >= 4 is 8.58 Å². The maximum Gasteiger partial charge on any atom is 0.00451 e. The van der Waals surface area contributed by atoms with Gasteiger partial charge in [-0.2, -0.15) is 0 Å². The second-order valence-electron chi connectivity index (χ2n) is 3.40.